The predicted octanol–water partition coefficient (Wildman–Crippen LogP) is 1.20. The van der Waals surface area contributed by atoms with Gasteiger partial charge in [-0.3, -0.25) is 5.32 Å². The summed E-state index contributed by atoms with van der Waals surface area (Å²) in [5.74, 6) is 0. The number of hydrogen-bond donors (Lipinski definition) is 4. The summed E-state index contributed by atoms with van der Waals surface area (Å²) in [5, 5.41) is 3.23. The Morgan fingerprint density at radius 2 is 2.00 bits per heavy atom. The van der Waals surface area contributed by atoms with Crippen LogP contribution in [0.3, 0.4) is 0 Å². The van der Waals surface area contributed by atoms with E-state index in [0.717, 1.165) is 24.9 Å². The molecule has 0 radical (unpaired) electrons. The maximum absolute atomic E-state index is 5.95. The van der Waals surface area contributed by atoms with Crippen molar-refractivity contribution in [3.05, 3.63) is 23.8 Å². The zero-order chi connectivity index (χ0) is 11.3. The van der Waals surface area contributed by atoms with E-state index in [-0.39, 0.29) is 6.17 Å². The fourth-order valence-electron chi connectivity index (χ4n) is 1.34. The number of nitrogens with one attached hydrogen (secondary N) is 1. The second-order valence-electron chi connectivity index (χ2n) is 3.67. The molecule has 0 spiro atoms. The maximum atomic E-state index is 5.95. The summed E-state index contributed by atoms with van der Waals surface area (Å²) in [6.45, 7) is 3.07. The molecule has 1 rings (SSSR count). The molecule has 0 aliphatic carbocycles. The molecule has 4 nitrogen and oxygen atoms in total. The molecule has 1 aromatic carbocycles. The Balaban J connectivity index is 2.57. The van der Waals surface area contributed by atoms with E-state index < -0.39 is 0 Å². The van der Waals surface area contributed by atoms with Gasteiger partial charge in [-0.15, -0.1) is 0 Å². The van der Waals surface area contributed by atoms with Gasteiger partial charge in [0.05, 0.1) is 17.5 Å². The van der Waals surface area contributed by atoms with Crippen molar-refractivity contribution in [3.8, 4) is 0 Å². The highest BCUT2D eigenvalue weighted by Gasteiger charge is 2.05. The molecule has 0 amide bonds. The van der Waals surface area contributed by atoms with Gasteiger partial charge in [-0.05, 0) is 30.7 Å². The van der Waals surface area contributed by atoms with Crippen LogP contribution in [0.2, 0.25) is 0 Å². The highest BCUT2D eigenvalue weighted by Crippen LogP contribution is 2.18. The SMILES string of the molecule is CCCCNC(N)c1ccc(N)c(N)c1. The lowest BCUT2D eigenvalue weighted by Gasteiger charge is -2.15. The quantitative estimate of drug-likeness (QED) is 0.332. The topological polar surface area (TPSA) is 90.1 Å². The molecule has 0 aromatic heterocycles. The van der Waals surface area contributed by atoms with E-state index >= 15 is 0 Å². The molecule has 0 fully saturated rings. The van der Waals surface area contributed by atoms with Crippen molar-refractivity contribution >= 4 is 11.4 Å². The van der Waals surface area contributed by atoms with Gasteiger partial charge in [-0.25, -0.2) is 0 Å². The fourth-order valence-corrected chi connectivity index (χ4v) is 1.34. The van der Waals surface area contributed by atoms with Crippen molar-refractivity contribution in [1.82, 2.24) is 5.32 Å². The third kappa shape index (κ3) is 3.42. The molecule has 15 heavy (non-hydrogen) atoms. The summed E-state index contributed by atoms with van der Waals surface area (Å²) in [6.07, 6.45) is 2.11. The maximum Gasteiger partial charge on any atom is 0.0810 e. The molecule has 0 aliphatic rings. The minimum Gasteiger partial charge on any atom is -0.397 e. The van der Waals surface area contributed by atoms with Gasteiger partial charge >= 0.3 is 0 Å². The Labute approximate surface area is 90.8 Å². The van der Waals surface area contributed by atoms with Gasteiger partial charge in [0.2, 0.25) is 0 Å². The molecule has 0 heterocycles. The van der Waals surface area contributed by atoms with E-state index in [1.807, 2.05) is 12.1 Å². The minimum absolute atomic E-state index is 0.167. The zero-order valence-corrected chi connectivity index (χ0v) is 9.16. The molecule has 7 N–H and O–H groups in total. The van der Waals surface area contributed by atoms with Gasteiger partial charge in [0, 0.05) is 0 Å². The molecular formula is C11H20N4. The Hall–Kier alpha value is -1.26. The lowest BCUT2D eigenvalue weighted by molar-refractivity contribution is 0.536. The van der Waals surface area contributed by atoms with Crippen molar-refractivity contribution in [2.45, 2.75) is 25.9 Å². The lowest BCUT2D eigenvalue weighted by Crippen LogP contribution is -2.29. The van der Waals surface area contributed by atoms with Crippen molar-refractivity contribution in [2.75, 3.05) is 18.0 Å². The van der Waals surface area contributed by atoms with E-state index in [1.165, 1.54) is 0 Å². The fraction of sp³-hybridized carbons (Fsp3) is 0.455. The second-order valence-corrected chi connectivity index (χ2v) is 3.67. The molecule has 0 aliphatic heterocycles. The van der Waals surface area contributed by atoms with E-state index in [1.54, 1.807) is 6.07 Å². The van der Waals surface area contributed by atoms with Crippen LogP contribution in [0, 0.1) is 0 Å². The van der Waals surface area contributed by atoms with Gasteiger partial charge in [-0.2, -0.15) is 0 Å². The number of unbranched alkanes of at least 4 members (excludes halogenated alkanes) is 1. The van der Waals surface area contributed by atoms with E-state index in [9.17, 15) is 0 Å². The summed E-state index contributed by atoms with van der Waals surface area (Å²) in [4.78, 5) is 0. The normalized spacial score (nSPS) is 12.7. The number of nitrogens with two attached hydrogens (primary N) is 3. The monoisotopic (exact) mass is 208 g/mol. The molecule has 1 unspecified atom stereocenters. The van der Waals surface area contributed by atoms with Crippen molar-refractivity contribution in [1.29, 1.82) is 0 Å². The molecule has 1 aromatic rings. The summed E-state index contributed by atoms with van der Waals surface area (Å²) in [6, 6.07) is 5.50. The average molecular weight is 208 g/mol. The molecule has 4 heteroatoms. The van der Waals surface area contributed by atoms with Crippen molar-refractivity contribution < 1.29 is 0 Å². The first kappa shape index (κ1) is 11.8. The third-order valence-electron chi connectivity index (χ3n) is 2.36. The second kappa shape index (κ2) is 5.58. The van der Waals surface area contributed by atoms with Crippen LogP contribution in [0.5, 0.6) is 0 Å². The van der Waals surface area contributed by atoms with Crippen molar-refractivity contribution in [2.24, 2.45) is 5.73 Å². The molecule has 84 valence electrons. The highest BCUT2D eigenvalue weighted by atomic mass is 15.0. The Morgan fingerprint density at radius 3 is 2.60 bits per heavy atom. The van der Waals surface area contributed by atoms with Crippen LogP contribution in [0.15, 0.2) is 18.2 Å². The number of nitrogen functional groups attached to an aromatic ring is 2. The van der Waals surface area contributed by atoms with Crippen LogP contribution in [-0.2, 0) is 0 Å². The van der Waals surface area contributed by atoms with E-state index in [4.69, 9.17) is 17.2 Å². The van der Waals surface area contributed by atoms with E-state index in [2.05, 4.69) is 12.2 Å². The molecule has 0 saturated carbocycles. The van der Waals surface area contributed by atoms with Gasteiger partial charge in [0.25, 0.3) is 0 Å². The third-order valence-corrected chi connectivity index (χ3v) is 2.36. The van der Waals surface area contributed by atoms with Gasteiger partial charge < -0.3 is 17.2 Å². The first-order valence-corrected chi connectivity index (χ1v) is 5.29. The summed E-state index contributed by atoms with van der Waals surface area (Å²) < 4.78 is 0. The highest BCUT2D eigenvalue weighted by molar-refractivity contribution is 5.64. The van der Waals surface area contributed by atoms with E-state index in [0.29, 0.717) is 11.4 Å². The number of benzene rings is 1. The van der Waals surface area contributed by atoms with Gasteiger partial charge in [-0.1, -0.05) is 19.4 Å². The van der Waals surface area contributed by atoms with Crippen LogP contribution >= 0.6 is 0 Å². The Morgan fingerprint density at radius 1 is 1.27 bits per heavy atom. The number of anilines is 2. The molecular weight excluding hydrogens is 188 g/mol. The predicted molar refractivity (Wildman–Crippen MR) is 65.1 cm³/mol. The van der Waals surface area contributed by atoms with Crippen LogP contribution in [0.4, 0.5) is 11.4 Å². The molecule has 0 bridgehead atoms. The first-order chi connectivity index (χ1) is 7.15. The van der Waals surface area contributed by atoms with Crippen molar-refractivity contribution in [3.63, 3.8) is 0 Å². The van der Waals surface area contributed by atoms with Crippen LogP contribution in [0.1, 0.15) is 31.5 Å². The zero-order valence-electron chi connectivity index (χ0n) is 9.16. The smallest absolute Gasteiger partial charge is 0.0810 e. The first-order valence-electron chi connectivity index (χ1n) is 5.29. The van der Waals surface area contributed by atoms with Crippen LogP contribution in [-0.4, -0.2) is 6.54 Å². The largest absolute Gasteiger partial charge is 0.397 e. The Bertz CT molecular complexity index is 311. The summed E-state index contributed by atoms with van der Waals surface area (Å²) in [7, 11) is 0. The average Bonchev–Trinajstić information content (AvgIpc) is 2.22. The Kier molecular flexibility index (Phi) is 4.39. The minimum atomic E-state index is -0.167. The molecule has 0 saturated heterocycles. The standard InChI is InChI=1S/C11H20N4/c1-2-3-6-15-11(14)8-4-5-9(12)10(13)7-8/h4-5,7,11,15H,2-3,6,12-14H2,1H3. The lowest BCUT2D eigenvalue weighted by atomic mass is 10.1. The summed E-state index contributed by atoms with van der Waals surface area (Å²) in [5.41, 5.74) is 19.4. The van der Waals surface area contributed by atoms with Crippen LogP contribution < -0.4 is 22.5 Å². The van der Waals surface area contributed by atoms with Gasteiger partial charge in [0.1, 0.15) is 0 Å². The number of rotatable bonds is 5. The number of hydrogen-bond acceptors (Lipinski definition) is 4. The molecule has 1 atom stereocenters. The summed E-state index contributed by atoms with van der Waals surface area (Å²) >= 11 is 0. The van der Waals surface area contributed by atoms with Crippen LogP contribution in [0.25, 0.3) is 0 Å². The van der Waals surface area contributed by atoms with Gasteiger partial charge in [0.15, 0.2) is 0 Å².